The van der Waals surface area contributed by atoms with Crippen molar-refractivity contribution in [2.24, 2.45) is 11.3 Å². The third kappa shape index (κ3) is 4.64. The molecule has 0 rings (SSSR count). The summed E-state index contributed by atoms with van der Waals surface area (Å²) >= 11 is 0. The molecule has 0 aromatic heterocycles. The summed E-state index contributed by atoms with van der Waals surface area (Å²) < 4.78 is 0. The molecule has 2 nitrogen and oxygen atoms in total. The molecule has 0 aromatic carbocycles. The Morgan fingerprint density at radius 2 is 1.57 bits per heavy atom. The number of carbonyl (C=O) groups is 1. The summed E-state index contributed by atoms with van der Waals surface area (Å²) in [6.45, 7) is 15.4. The molecule has 0 atom stereocenters. The fraction of sp³-hybridized carbons (Fsp3) is 0.917. The Labute approximate surface area is 88.7 Å². The summed E-state index contributed by atoms with van der Waals surface area (Å²) in [7, 11) is 0. The molecule has 1 amide bonds. The van der Waals surface area contributed by atoms with Crippen molar-refractivity contribution in [3.63, 3.8) is 0 Å². The van der Waals surface area contributed by atoms with Crippen LogP contribution >= 0.6 is 0 Å². The Morgan fingerprint density at radius 1 is 1.14 bits per heavy atom. The van der Waals surface area contributed by atoms with Crippen LogP contribution in [0, 0.1) is 11.3 Å². The van der Waals surface area contributed by atoms with Gasteiger partial charge in [0.25, 0.3) is 0 Å². The third-order valence-corrected chi connectivity index (χ3v) is 2.05. The van der Waals surface area contributed by atoms with Gasteiger partial charge < -0.3 is 4.90 Å². The Morgan fingerprint density at radius 3 is 1.79 bits per heavy atom. The van der Waals surface area contributed by atoms with E-state index in [2.05, 4.69) is 34.6 Å². The van der Waals surface area contributed by atoms with E-state index in [1.807, 2.05) is 18.7 Å². The second-order valence-electron chi connectivity index (χ2n) is 5.78. The average Bonchev–Trinajstić information content (AvgIpc) is 1.96. The summed E-state index contributed by atoms with van der Waals surface area (Å²) in [6.07, 6.45) is 0. The van der Waals surface area contributed by atoms with Gasteiger partial charge in [0.15, 0.2) is 0 Å². The maximum Gasteiger partial charge on any atom is 0.225 e. The Bertz CT molecular complexity index is 189. The van der Waals surface area contributed by atoms with E-state index in [-0.39, 0.29) is 17.2 Å². The van der Waals surface area contributed by atoms with E-state index in [1.54, 1.807) is 0 Å². The molecular formula is C12H25NO. The summed E-state index contributed by atoms with van der Waals surface area (Å²) in [5, 5.41) is 0. The van der Waals surface area contributed by atoms with E-state index < -0.39 is 0 Å². The van der Waals surface area contributed by atoms with Crippen molar-refractivity contribution in [2.45, 2.75) is 54.5 Å². The monoisotopic (exact) mass is 199 g/mol. The molecule has 0 fully saturated rings. The molecule has 0 saturated carbocycles. The fourth-order valence-electron chi connectivity index (χ4n) is 1.36. The van der Waals surface area contributed by atoms with Crippen LogP contribution in [0.5, 0.6) is 0 Å². The molecule has 0 aromatic rings. The Balaban J connectivity index is 4.54. The van der Waals surface area contributed by atoms with Gasteiger partial charge in [0.1, 0.15) is 0 Å². The van der Waals surface area contributed by atoms with Crippen molar-refractivity contribution < 1.29 is 4.79 Å². The van der Waals surface area contributed by atoms with Gasteiger partial charge in [-0.15, -0.1) is 0 Å². The van der Waals surface area contributed by atoms with Crippen molar-refractivity contribution in [2.75, 3.05) is 6.54 Å². The van der Waals surface area contributed by atoms with Crippen molar-refractivity contribution in [1.82, 2.24) is 4.90 Å². The lowest BCUT2D eigenvalue weighted by molar-refractivity contribution is -0.137. The van der Waals surface area contributed by atoms with Crippen molar-refractivity contribution in [1.29, 1.82) is 0 Å². The van der Waals surface area contributed by atoms with Crippen LogP contribution < -0.4 is 0 Å². The highest BCUT2D eigenvalue weighted by Gasteiger charge is 2.24. The maximum absolute atomic E-state index is 11.9. The Kier molecular flexibility index (Phi) is 4.63. The van der Waals surface area contributed by atoms with E-state index >= 15 is 0 Å². The van der Waals surface area contributed by atoms with Gasteiger partial charge in [-0.25, -0.2) is 0 Å². The average molecular weight is 199 g/mol. The summed E-state index contributed by atoms with van der Waals surface area (Å²) in [5.41, 5.74) is 0.175. The van der Waals surface area contributed by atoms with E-state index in [1.165, 1.54) is 0 Å². The lowest BCUT2D eigenvalue weighted by Crippen LogP contribution is -2.44. The predicted molar refractivity (Wildman–Crippen MR) is 61.1 cm³/mol. The minimum absolute atomic E-state index is 0.0970. The van der Waals surface area contributed by atoms with Crippen molar-refractivity contribution in [3.8, 4) is 0 Å². The van der Waals surface area contributed by atoms with Crippen LogP contribution in [0.1, 0.15) is 48.5 Å². The van der Waals surface area contributed by atoms with Crippen LogP contribution in [-0.2, 0) is 4.79 Å². The molecule has 0 aliphatic rings. The largest absolute Gasteiger partial charge is 0.340 e. The van der Waals surface area contributed by atoms with Crippen LogP contribution in [0.2, 0.25) is 0 Å². The minimum Gasteiger partial charge on any atom is -0.340 e. The molecule has 0 saturated heterocycles. The van der Waals surface area contributed by atoms with Crippen LogP contribution in [0.25, 0.3) is 0 Å². The summed E-state index contributed by atoms with van der Waals surface area (Å²) in [5.74, 6) is 0.356. The molecule has 2 heteroatoms. The predicted octanol–water partition coefficient (Wildman–Crippen LogP) is 2.93. The standard InChI is InChI=1S/C12H25NO/c1-9(2)11(14)13(10(3)4)8-12(5,6)7/h9-10H,8H2,1-7H3. The van der Waals surface area contributed by atoms with Crippen LogP contribution in [0.3, 0.4) is 0 Å². The first kappa shape index (κ1) is 13.5. The number of nitrogens with zero attached hydrogens (tertiary/aromatic N) is 1. The van der Waals surface area contributed by atoms with Gasteiger partial charge in [0.05, 0.1) is 0 Å². The van der Waals surface area contributed by atoms with E-state index in [0.29, 0.717) is 6.04 Å². The number of hydrogen-bond acceptors (Lipinski definition) is 1. The van der Waals surface area contributed by atoms with Crippen LogP contribution in [-0.4, -0.2) is 23.4 Å². The first-order valence-corrected chi connectivity index (χ1v) is 5.45. The summed E-state index contributed by atoms with van der Waals surface area (Å²) in [4.78, 5) is 13.9. The first-order chi connectivity index (χ1) is 6.15. The molecule has 0 radical (unpaired) electrons. The number of amides is 1. The highest BCUT2D eigenvalue weighted by atomic mass is 16.2. The topological polar surface area (TPSA) is 20.3 Å². The number of carbonyl (C=O) groups excluding carboxylic acids is 1. The SMILES string of the molecule is CC(C)C(=O)N(CC(C)(C)C)C(C)C. The highest BCUT2D eigenvalue weighted by molar-refractivity contribution is 5.78. The molecule has 0 heterocycles. The van der Waals surface area contributed by atoms with E-state index in [4.69, 9.17) is 0 Å². The molecule has 0 aliphatic carbocycles. The van der Waals surface area contributed by atoms with Gasteiger partial charge >= 0.3 is 0 Å². The van der Waals surface area contributed by atoms with Crippen LogP contribution in [0.15, 0.2) is 0 Å². The van der Waals surface area contributed by atoms with Crippen LogP contribution in [0.4, 0.5) is 0 Å². The van der Waals surface area contributed by atoms with Gasteiger partial charge in [-0.3, -0.25) is 4.79 Å². The van der Waals surface area contributed by atoms with Gasteiger partial charge in [0.2, 0.25) is 5.91 Å². The smallest absolute Gasteiger partial charge is 0.225 e. The third-order valence-electron chi connectivity index (χ3n) is 2.05. The lowest BCUT2D eigenvalue weighted by atomic mass is 9.94. The first-order valence-electron chi connectivity index (χ1n) is 5.45. The number of hydrogen-bond donors (Lipinski definition) is 0. The zero-order chi connectivity index (χ0) is 11.5. The van der Waals surface area contributed by atoms with Crippen molar-refractivity contribution in [3.05, 3.63) is 0 Å². The highest BCUT2D eigenvalue weighted by Crippen LogP contribution is 2.18. The normalized spacial score (nSPS) is 12.4. The number of rotatable bonds is 3. The van der Waals surface area contributed by atoms with Gasteiger partial charge in [-0.05, 0) is 19.3 Å². The van der Waals surface area contributed by atoms with E-state index in [9.17, 15) is 4.79 Å². The molecule has 14 heavy (non-hydrogen) atoms. The van der Waals surface area contributed by atoms with Gasteiger partial charge in [0, 0.05) is 18.5 Å². The summed E-state index contributed by atoms with van der Waals surface area (Å²) in [6, 6.07) is 0.295. The van der Waals surface area contributed by atoms with E-state index in [0.717, 1.165) is 6.54 Å². The molecule has 0 bridgehead atoms. The molecule has 0 aliphatic heterocycles. The van der Waals surface area contributed by atoms with Gasteiger partial charge in [-0.1, -0.05) is 34.6 Å². The minimum atomic E-state index is 0.0970. The molecule has 0 N–H and O–H groups in total. The zero-order valence-electron chi connectivity index (χ0n) is 10.7. The molecular weight excluding hydrogens is 174 g/mol. The quantitative estimate of drug-likeness (QED) is 0.684. The van der Waals surface area contributed by atoms with Crippen molar-refractivity contribution >= 4 is 5.91 Å². The fourth-order valence-corrected chi connectivity index (χ4v) is 1.36. The second-order valence-corrected chi connectivity index (χ2v) is 5.78. The Hall–Kier alpha value is -0.530. The van der Waals surface area contributed by atoms with Gasteiger partial charge in [-0.2, -0.15) is 0 Å². The molecule has 84 valence electrons. The molecule has 0 unspecified atom stereocenters. The molecule has 0 spiro atoms. The maximum atomic E-state index is 11.9. The lowest BCUT2D eigenvalue weighted by Gasteiger charge is -2.34. The zero-order valence-corrected chi connectivity index (χ0v) is 10.7. The second kappa shape index (κ2) is 4.81.